The van der Waals surface area contributed by atoms with E-state index < -0.39 is 0 Å². The van der Waals surface area contributed by atoms with Crippen molar-refractivity contribution in [2.75, 3.05) is 11.9 Å². The zero-order valence-corrected chi connectivity index (χ0v) is 11.1. The van der Waals surface area contributed by atoms with E-state index in [1.807, 2.05) is 24.4 Å². The molecule has 0 spiro atoms. The Morgan fingerprint density at radius 2 is 2.30 bits per heavy atom. The maximum Gasteiger partial charge on any atom is 0.241 e. The minimum atomic E-state index is -0.161. The molecule has 2 aromatic rings. The fraction of sp³-hybridized carbons (Fsp3) is 0.357. The number of aryl methyl sites for hydroxylation is 1. The second-order valence-corrected chi connectivity index (χ2v) is 4.86. The van der Waals surface area contributed by atoms with Crippen LogP contribution < -0.4 is 10.6 Å². The summed E-state index contributed by atoms with van der Waals surface area (Å²) in [4.78, 5) is 12.2. The van der Waals surface area contributed by atoms with Crippen LogP contribution in [0.2, 0.25) is 0 Å². The number of amides is 1. The Hall–Kier alpha value is -2.21. The Labute approximate surface area is 117 Å². The van der Waals surface area contributed by atoms with Crippen molar-refractivity contribution in [1.82, 2.24) is 20.3 Å². The van der Waals surface area contributed by atoms with E-state index in [9.17, 15) is 4.79 Å². The molecule has 1 amide bonds. The van der Waals surface area contributed by atoms with Gasteiger partial charge in [0.25, 0.3) is 0 Å². The molecule has 1 unspecified atom stereocenters. The largest absolute Gasteiger partial charge is 0.324 e. The monoisotopic (exact) mass is 271 g/mol. The van der Waals surface area contributed by atoms with Crippen molar-refractivity contribution in [2.45, 2.75) is 25.4 Å². The van der Waals surface area contributed by atoms with E-state index in [-0.39, 0.29) is 11.9 Å². The van der Waals surface area contributed by atoms with Crippen LogP contribution >= 0.6 is 0 Å². The van der Waals surface area contributed by atoms with Gasteiger partial charge >= 0.3 is 0 Å². The third-order valence-electron chi connectivity index (χ3n) is 3.50. The summed E-state index contributed by atoms with van der Waals surface area (Å²) < 4.78 is 1.75. The minimum absolute atomic E-state index is 0.0357. The number of para-hydroxylation sites is 1. The fourth-order valence-corrected chi connectivity index (χ4v) is 2.41. The number of hydrogen-bond acceptors (Lipinski definition) is 4. The Balaban J connectivity index is 1.57. The van der Waals surface area contributed by atoms with Gasteiger partial charge in [-0.15, -0.1) is 5.10 Å². The molecule has 104 valence electrons. The van der Waals surface area contributed by atoms with Gasteiger partial charge in [-0.2, -0.15) is 0 Å². The first-order valence-corrected chi connectivity index (χ1v) is 6.79. The first kappa shape index (κ1) is 12.8. The lowest BCUT2D eigenvalue weighted by Gasteiger charge is -2.14. The summed E-state index contributed by atoms with van der Waals surface area (Å²) in [6.07, 6.45) is 5.16. The number of fused-ring (bicyclic) bond motifs is 1. The zero-order valence-electron chi connectivity index (χ0n) is 11.1. The van der Waals surface area contributed by atoms with E-state index in [0.717, 1.165) is 18.5 Å². The summed E-state index contributed by atoms with van der Waals surface area (Å²) in [5.41, 5.74) is 2.12. The first-order valence-electron chi connectivity index (χ1n) is 6.79. The van der Waals surface area contributed by atoms with Crippen molar-refractivity contribution < 1.29 is 4.79 Å². The molecule has 6 heteroatoms. The molecule has 0 bridgehead atoms. The predicted molar refractivity (Wildman–Crippen MR) is 75.2 cm³/mol. The van der Waals surface area contributed by atoms with Crippen LogP contribution in [-0.2, 0) is 17.8 Å². The van der Waals surface area contributed by atoms with Gasteiger partial charge in [-0.1, -0.05) is 23.4 Å². The SMILES string of the molecule is O=C1Nc2ccccc2CCC1NCCn1ccnn1. The highest BCUT2D eigenvalue weighted by molar-refractivity contribution is 5.96. The number of hydrogen-bond donors (Lipinski definition) is 2. The smallest absolute Gasteiger partial charge is 0.241 e. The number of nitrogens with one attached hydrogen (secondary N) is 2. The van der Waals surface area contributed by atoms with Gasteiger partial charge in [-0.25, -0.2) is 0 Å². The van der Waals surface area contributed by atoms with E-state index >= 15 is 0 Å². The summed E-state index contributed by atoms with van der Waals surface area (Å²) in [6, 6.07) is 7.80. The van der Waals surface area contributed by atoms with Crippen molar-refractivity contribution >= 4 is 11.6 Å². The first-order chi connectivity index (χ1) is 9.83. The lowest BCUT2D eigenvalue weighted by Crippen LogP contribution is -2.41. The maximum atomic E-state index is 12.2. The van der Waals surface area contributed by atoms with Crippen LogP contribution in [0.15, 0.2) is 36.7 Å². The highest BCUT2D eigenvalue weighted by Crippen LogP contribution is 2.21. The van der Waals surface area contributed by atoms with Gasteiger partial charge in [0.15, 0.2) is 0 Å². The third kappa shape index (κ3) is 2.85. The van der Waals surface area contributed by atoms with Crippen LogP contribution in [0.4, 0.5) is 5.69 Å². The van der Waals surface area contributed by atoms with E-state index in [1.54, 1.807) is 10.9 Å². The molecule has 0 radical (unpaired) electrons. The molecular formula is C14H17N5O. The van der Waals surface area contributed by atoms with Gasteiger partial charge in [0.05, 0.1) is 18.8 Å². The number of aromatic nitrogens is 3. The Morgan fingerprint density at radius 3 is 3.15 bits per heavy atom. The summed E-state index contributed by atoms with van der Waals surface area (Å²) >= 11 is 0. The van der Waals surface area contributed by atoms with Gasteiger partial charge < -0.3 is 10.6 Å². The number of rotatable bonds is 4. The normalized spacial score (nSPS) is 18.2. The van der Waals surface area contributed by atoms with E-state index in [0.29, 0.717) is 13.1 Å². The number of carbonyl (C=O) groups is 1. The van der Waals surface area contributed by atoms with Crippen LogP contribution in [0.1, 0.15) is 12.0 Å². The van der Waals surface area contributed by atoms with Gasteiger partial charge in [0.1, 0.15) is 0 Å². The standard InChI is InChI=1S/C14H17N5O/c20-14-13(15-7-9-19-10-8-16-18-19)6-5-11-3-1-2-4-12(11)17-14/h1-4,8,10,13,15H,5-7,9H2,(H,17,20). The molecule has 2 heterocycles. The van der Waals surface area contributed by atoms with Crippen LogP contribution in [0.25, 0.3) is 0 Å². The second-order valence-electron chi connectivity index (χ2n) is 4.86. The van der Waals surface area contributed by atoms with Crippen LogP contribution in [0.5, 0.6) is 0 Å². The molecule has 1 aromatic heterocycles. The summed E-state index contributed by atoms with van der Waals surface area (Å²) in [7, 11) is 0. The molecule has 0 fully saturated rings. The minimum Gasteiger partial charge on any atom is -0.324 e. The van der Waals surface area contributed by atoms with Gasteiger partial charge in [0.2, 0.25) is 5.91 Å². The lowest BCUT2D eigenvalue weighted by molar-refractivity contribution is -0.118. The summed E-state index contributed by atoms with van der Waals surface area (Å²) in [5, 5.41) is 13.9. The van der Waals surface area contributed by atoms with Crippen molar-refractivity contribution in [1.29, 1.82) is 0 Å². The molecular weight excluding hydrogens is 254 g/mol. The van der Waals surface area contributed by atoms with Crippen molar-refractivity contribution in [2.24, 2.45) is 0 Å². The second kappa shape index (κ2) is 5.83. The highest BCUT2D eigenvalue weighted by atomic mass is 16.2. The molecule has 0 aliphatic carbocycles. The quantitative estimate of drug-likeness (QED) is 0.863. The van der Waals surface area contributed by atoms with Crippen molar-refractivity contribution in [3.05, 3.63) is 42.2 Å². The summed E-state index contributed by atoms with van der Waals surface area (Å²) in [5.74, 6) is 0.0357. The molecule has 0 saturated carbocycles. The Bertz CT molecular complexity index is 581. The summed E-state index contributed by atoms with van der Waals surface area (Å²) in [6.45, 7) is 1.40. The molecule has 3 rings (SSSR count). The Morgan fingerprint density at radius 1 is 1.40 bits per heavy atom. The molecule has 1 atom stereocenters. The van der Waals surface area contributed by atoms with Gasteiger partial charge in [0, 0.05) is 18.4 Å². The number of anilines is 1. The molecule has 1 aliphatic rings. The molecule has 20 heavy (non-hydrogen) atoms. The van der Waals surface area contributed by atoms with Gasteiger partial charge in [-0.3, -0.25) is 9.48 Å². The van der Waals surface area contributed by atoms with E-state index in [4.69, 9.17) is 0 Å². The fourth-order valence-electron chi connectivity index (χ4n) is 2.41. The molecule has 0 saturated heterocycles. The molecule has 6 nitrogen and oxygen atoms in total. The topological polar surface area (TPSA) is 71.8 Å². The van der Waals surface area contributed by atoms with Crippen molar-refractivity contribution in [3.8, 4) is 0 Å². The maximum absolute atomic E-state index is 12.2. The van der Waals surface area contributed by atoms with Crippen LogP contribution in [-0.4, -0.2) is 33.5 Å². The molecule has 1 aromatic carbocycles. The van der Waals surface area contributed by atoms with E-state index in [2.05, 4.69) is 27.0 Å². The van der Waals surface area contributed by atoms with Crippen LogP contribution in [0, 0.1) is 0 Å². The lowest BCUT2D eigenvalue weighted by atomic mass is 10.1. The Kier molecular flexibility index (Phi) is 3.73. The molecule has 1 aliphatic heterocycles. The van der Waals surface area contributed by atoms with Crippen LogP contribution in [0.3, 0.4) is 0 Å². The number of nitrogens with zero attached hydrogens (tertiary/aromatic N) is 3. The zero-order chi connectivity index (χ0) is 13.8. The number of benzene rings is 1. The van der Waals surface area contributed by atoms with E-state index in [1.165, 1.54) is 5.56 Å². The number of carbonyl (C=O) groups excluding carboxylic acids is 1. The highest BCUT2D eigenvalue weighted by Gasteiger charge is 2.22. The predicted octanol–water partition coefficient (Wildman–Crippen LogP) is 0.821. The average molecular weight is 271 g/mol. The van der Waals surface area contributed by atoms with Crippen molar-refractivity contribution in [3.63, 3.8) is 0 Å². The van der Waals surface area contributed by atoms with Gasteiger partial charge in [-0.05, 0) is 24.5 Å². The third-order valence-corrected chi connectivity index (χ3v) is 3.50. The average Bonchev–Trinajstić information content (AvgIpc) is 2.91. The molecule has 2 N–H and O–H groups in total.